The molecule has 114 valence electrons. The van der Waals surface area contributed by atoms with Crippen LogP contribution in [-0.4, -0.2) is 41.1 Å². The Hall–Kier alpha value is -1.63. The average molecular weight is 335 g/mol. The fourth-order valence-electron chi connectivity index (χ4n) is 3.07. The maximum absolute atomic E-state index is 12.3. The highest BCUT2D eigenvalue weighted by Gasteiger charge is 2.40. The number of carbonyl (C=O) groups is 1. The molecule has 2 fully saturated rings. The van der Waals surface area contributed by atoms with Crippen molar-refractivity contribution in [3.63, 3.8) is 0 Å². The number of pyridine rings is 1. The van der Waals surface area contributed by atoms with Crippen LogP contribution >= 0.6 is 22.9 Å². The van der Waals surface area contributed by atoms with E-state index < -0.39 is 0 Å². The summed E-state index contributed by atoms with van der Waals surface area (Å²) in [6, 6.07) is 8.32. The molecule has 2 aromatic heterocycles. The van der Waals surface area contributed by atoms with Gasteiger partial charge >= 0.3 is 6.03 Å². The third kappa shape index (κ3) is 2.58. The van der Waals surface area contributed by atoms with Crippen LogP contribution in [0.15, 0.2) is 30.5 Å². The van der Waals surface area contributed by atoms with Gasteiger partial charge in [0.05, 0.1) is 26.8 Å². The molecular weight excluding hydrogens is 320 g/mol. The number of anilines is 1. The zero-order valence-corrected chi connectivity index (χ0v) is 13.3. The minimum absolute atomic E-state index is 0.0391. The number of amides is 2. The summed E-state index contributed by atoms with van der Waals surface area (Å²) in [4.78, 5) is 19.6. The summed E-state index contributed by atoms with van der Waals surface area (Å²) < 4.78 is 0.742. The number of aromatic nitrogens is 1. The molecule has 4 heterocycles. The summed E-state index contributed by atoms with van der Waals surface area (Å²) in [5.74, 6) is 0. The first-order chi connectivity index (χ1) is 10.7. The van der Waals surface area contributed by atoms with E-state index >= 15 is 0 Å². The second kappa shape index (κ2) is 5.53. The van der Waals surface area contributed by atoms with Crippen LogP contribution in [0.25, 0.3) is 10.6 Å². The highest BCUT2D eigenvalue weighted by Crippen LogP contribution is 2.30. The molecule has 5 nitrogen and oxygen atoms in total. The first-order valence-corrected chi connectivity index (χ1v) is 8.41. The lowest BCUT2D eigenvalue weighted by atomic mass is 10.2. The summed E-state index contributed by atoms with van der Waals surface area (Å²) >= 11 is 7.43. The van der Waals surface area contributed by atoms with Gasteiger partial charge in [-0.3, -0.25) is 4.98 Å². The monoisotopic (exact) mass is 334 g/mol. The average Bonchev–Trinajstić information content (AvgIpc) is 3.24. The molecule has 2 aromatic rings. The number of fused-ring (bicyclic) bond motifs is 2. The predicted molar refractivity (Wildman–Crippen MR) is 88.5 cm³/mol. The first kappa shape index (κ1) is 14.0. The van der Waals surface area contributed by atoms with Crippen LogP contribution in [0.5, 0.6) is 0 Å². The molecule has 4 rings (SSSR count). The molecule has 2 N–H and O–H groups in total. The van der Waals surface area contributed by atoms with Gasteiger partial charge in [-0.05, 0) is 30.7 Å². The van der Waals surface area contributed by atoms with E-state index in [0.717, 1.165) is 34.4 Å². The maximum Gasteiger partial charge on any atom is 0.322 e. The fourth-order valence-corrected chi connectivity index (χ4v) is 4.09. The Morgan fingerprint density at radius 2 is 2.32 bits per heavy atom. The van der Waals surface area contributed by atoms with Gasteiger partial charge in [-0.1, -0.05) is 11.6 Å². The minimum atomic E-state index is -0.0391. The third-order valence-corrected chi connectivity index (χ3v) is 5.41. The largest absolute Gasteiger partial charge is 0.322 e. The van der Waals surface area contributed by atoms with E-state index in [0.29, 0.717) is 17.8 Å². The molecule has 2 aliphatic rings. The van der Waals surface area contributed by atoms with Gasteiger partial charge in [0.1, 0.15) is 0 Å². The van der Waals surface area contributed by atoms with Gasteiger partial charge in [-0.2, -0.15) is 0 Å². The summed E-state index contributed by atoms with van der Waals surface area (Å²) in [6.07, 6.45) is 2.75. The van der Waals surface area contributed by atoms with Gasteiger partial charge in [0, 0.05) is 25.2 Å². The van der Waals surface area contributed by atoms with Crippen molar-refractivity contribution in [3.8, 4) is 10.6 Å². The van der Waals surface area contributed by atoms with Crippen molar-refractivity contribution in [2.24, 2.45) is 0 Å². The Morgan fingerprint density at radius 3 is 2.91 bits per heavy atom. The summed E-state index contributed by atoms with van der Waals surface area (Å²) in [7, 11) is 0. The van der Waals surface area contributed by atoms with Gasteiger partial charge in [-0.25, -0.2) is 4.79 Å². The lowest BCUT2D eigenvalue weighted by Gasteiger charge is -2.27. The molecule has 2 atom stereocenters. The highest BCUT2D eigenvalue weighted by atomic mass is 35.5. The van der Waals surface area contributed by atoms with Crippen molar-refractivity contribution in [1.82, 2.24) is 15.2 Å². The minimum Gasteiger partial charge on any atom is -0.319 e. The van der Waals surface area contributed by atoms with Crippen LogP contribution in [-0.2, 0) is 0 Å². The molecule has 0 radical (unpaired) electrons. The molecule has 0 unspecified atom stereocenters. The molecule has 2 saturated heterocycles. The molecule has 0 aromatic carbocycles. The molecule has 0 spiro atoms. The molecule has 2 amide bonds. The zero-order chi connectivity index (χ0) is 15.1. The van der Waals surface area contributed by atoms with Crippen molar-refractivity contribution >= 4 is 34.7 Å². The molecule has 7 heteroatoms. The normalized spacial score (nSPS) is 23.0. The number of nitrogens with one attached hydrogen (secondary N) is 2. The Kier molecular flexibility index (Phi) is 3.52. The van der Waals surface area contributed by atoms with Gasteiger partial charge < -0.3 is 15.5 Å². The number of hydrogen-bond donors (Lipinski definition) is 2. The number of thiophene rings is 1. The zero-order valence-electron chi connectivity index (χ0n) is 11.8. The van der Waals surface area contributed by atoms with Gasteiger partial charge in [0.25, 0.3) is 0 Å². The number of carbonyl (C=O) groups excluding carboxylic acids is 1. The van der Waals surface area contributed by atoms with Crippen LogP contribution < -0.4 is 10.6 Å². The molecule has 0 aliphatic carbocycles. The molecule has 2 aliphatic heterocycles. The summed E-state index contributed by atoms with van der Waals surface area (Å²) in [5, 5.41) is 6.32. The van der Waals surface area contributed by atoms with Gasteiger partial charge in [-0.15, -0.1) is 11.3 Å². The van der Waals surface area contributed by atoms with Crippen molar-refractivity contribution in [3.05, 3.63) is 34.8 Å². The van der Waals surface area contributed by atoms with Crippen LogP contribution in [0.1, 0.15) is 6.42 Å². The van der Waals surface area contributed by atoms with E-state index in [1.807, 2.05) is 29.2 Å². The van der Waals surface area contributed by atoms with Crippen LogP contribution in [0.4, 0.5) is 10.5 Å². The topological polar surface area (TPSA) is 57.3 Å². The van der Waals surface area contributed by atoms with Crippen molar-refractivity contribution in [1.29, 1.82) is 0 Å². The number of rotatable bonds is 2. The lowest BCUT2D eigenvalue weighted by molar-refractivity contribution is 0.199. The second-order valence-electron chi connectivity index (χ2n) is 5.61. The maximum atomic E-state index is 12.3. The van der Waals surface area contributed by atoms with Crippen LogP contribution in [0, 0.1) is 0 Å². The number of nitrogens with zero attached hydrogens (tertiary/aromatic N) is 2. The quantitative estimate of drug-likeness (QED) is 0.887. The van der Waals surface area contributed by atoms with E-state index in [1.54, 1.807) is 6.20 Å². The molecular formula is C15H15ClN4OS. The fraction of sp³-hybridized carbons (Fsp3) is 0.333. The predicted octanol–water partition coefficient (Wildman–Crippen LogP) is 3.04. The number of hydrogen-bond acceptors (Lipinski definition) is 4. The SMILES string of the molecule is O=C(Nc1ccc(-c2ccc(Cl)s2)nc1)N1C[C@@H]2C[C@H]1CN2. The molecule has 0 saturated carbocycles. The molecule has 2 bridgehead atoms. The van der Waals surface area contributed by atoms with Crippen LogP contribution in [0.2, 0.25) is 4.34 Å². The van der Waals surface area contributed by atoms with E-state index in [2.05, 4.69) is 15.6 Å². The van der Waals surface area contributed by atoms with Crippen molar-refractivity contribution in [2.75, 3.05) is 18.4 Å². The van der Waals surface area contributed by atoms with E-state index in [4.69, 9.17) is 11.6 Å². The molecule has 22 heavy (non-hydrogen) atoms. The van der Waals surface area contributed by atoms with E-state index in [-0.39, 0.29) is 6.03 Å². The smallest absolute Gasteiger partial charge is 0.319 e. The van der Waals surface area contributed by atoms with Crippen molar-refractivity contribution in [2.45, 2.75) is 18.5 Å². The summed E-state index contributed by atoms with van der Waals surface area (Å²) in [5.41, 5.74) is 1.58. The van der Waals surface area contributed by atoms with Crippen molar-refractivity contribution < 1.29 is 4.79 Å². The number of piperazine rings is 1. The van der Waals surface area contributed by atoms with Gasteiger partial charge in [0.15, 0.2) is 0 Å². The van der Waals surface area contributed by atoms with E-state index in [9.17, 15) is 4.79 Å². The number of urea groups is 1. The standard InChI is InChI=1S/C15H15ClN4OS/c16-14-4-3-13(22-14)12-2-1-9(6-18-12)19-15(21)20-8-10-5-11(20)7-17-10/h1-4,6,10-11,17H,5,7-8H2,(H,19,21)/t10-,11-/m0/s1. The van der Waals surface area contributed by atoms with Gasteiger partial charge in [0.2, 0.25) is 0 Å². The Labute approximate surface area is 137 Å². The third-order valence-electron chi connectivity index (χ3n) is 4.16. The number of likely N-dealkylation sites (tertiary alicyclic amines) is 1. The number of halogens is 1. The summed E-state index contributed by atoms with van der Waals surface area (Å²) in [6.45, 7) is 1.68. The first-order valence-electron chi connectivity index (χ1n) is 7.22. The lowest BCUT2D eigenvalue weighted by Crippen LogP contribution is -2.48. The Morgan fingerprint density at radius 1 is 1.41 bits per heavy atom. The Bertz CT molecular complexity index is 702. The van der Waals surface area contributed by atoms with E-state index in [1.165, 1.54) is 11.3 Å². The highest BCUT2D eigenvalue weighted by molar-refractivity contribution is 7.19. The Balaban J connectivity index is 1.44. The second-order valence-corrected chi connectivity index (χ2v) is 7.33. The van der Waals surface area contributed by atoms with Crippen LogP contribution in [0.3, 0.4) is 0 Å².